The van der Waals surface area contributed by atoms with Crippen LogP contribution >= 0.6 is 34.3 Å². The Morgan fingerprint density at radius 3 is 2.53 bits per heavy atom. The van der Waals surface area contributed by atoms with E-state index < -0.39 is 23.3 Å². The fourth-order valence-corrected chi connectivity index (χ4v) is 5.66. The first kappa shape index (κ1) is 21.1. The van der Waals surface area contributed by atoms with E-state index in [0.717, 1.165) is 28.1 Å². The molecule has 0 saturated carbocycles. The second-order valence-corrected chi connectivity index (χ2v) is 9.81. The average molecular weight is 467 g/mol. The summed E-state index contributed by atoms with van der Waals surface area (Å²) in [5, 5.41) is 0.749. The van der Waals surface area contributed by atoms with Gasteiger partial charge in [0.1, 0.15) is 21.5 Å². The Morgan fingerprint density at radius 2 is 1.87 bits per heavy atom. The first-order valence-electron chi connectivity index (χ1n) is 9.35. The molecule has 1 aliphatic rings. The molecule has 0 unspecified atom stereocenters. The molecule has 1 aromatic carbocycles. The Kier molecular flexibility index (Phi) is 5.99. The highest BCUT2D eigenvalue weighted by Crippen LogP contribution is 2.36. The van der Waals surface area contributed by atoms with Gasteiger partial charge in [0.2, 0.25) is 0 Å². The maximum Gasteiger partial charge on any atom is 0.265 e. The number of benzene rings is 1. The molecule has 3 aromatic rings. The van der Waals surface area contributed by atoms with Crippen molar-refractivity contribution in [1.82, 2.24) is 9.88 Å². The number of likely N-dealkylation sites (tertiary alicyclic amines) is 1. The number of thiophene rings is 1. The highest BCUT2D eigenvalue weighted by Gasteiger charge is 2.31. The molecule has 4 nitrogen and oxygen atoms in total. The normalized spacial score (nSPS) is 14.9. The molecule has 0 aliphatic carbocycles. The van der Waals surface area contributed by atoms with Crippen LogP contribution in [-0.4, -0.2) is 34.7 Å². The van der Waals surface area contributed by atoms with Crippen LogP contribution in [0.3, 0.4) is 0 Å². The summed E-state index contributed by atoms with van der Waals surface area (Å²) in [7, 11) is 0. The van der Waals surface area contributed by atoms with E-state index in [1.54, 1.807) is 17.9 Å². The number of rotatable bonds is 4. The number of carbonyl (C=O) groups is 2. The lowest BCUT2D eigenvalue weighted by Crippen LogP contribution is -2.40. The Labute approximate surface area is 185 Å². The van der Waals surface area contributed by atoms with Crippen molar-refractivity contribution in [2.45, 2.75) is 19.8 Å². The number of halogens is 3. The van der Waals surface area contributed by atoms with Gasteiger partial charge in [-0.15, -0.1) is 22.7 Å². The summed E-state index contributed by atoms with van der Waals surface area (Å²) in [6, 6.07) is 6.56. The number of Topliss-reactive ketones (excluding diaryl/α,β-unsaturated/α-hetero) is 1. The molecule has 0 atom stereocenters. The molecule has 3 heterocycles. The van der Waals surface area contributed by atoms with E-state index in [4.69, 9.17) is 11.6 Å². The molecule has 9 heteroatoms. The van der Waals surface area contributed by atoms with Crippen molar-refractivity contribution in [3.8, 4) is 9.88 Å². The monoisotopic (exact) mass is 466 g/mol. The van der Waals surface area contributed by atoms with E-state index in [1.807, 2.05) is 6.07 Å². The number of aryl methyl sites for hydroxylation is 1. The number of nitrogens with zero attached hydrogens (tertiary/aromatic N) is 2. The Hall–Kier alpha value is -2.16. The van der Waals surface area contributed by atoms with E-state index in [1.165, 1.54) is 22.7 Å². The fraction of sp³-hybridized carbons (Fsp3) is 0.286. The van der Waals surface area contributed by atoms with Crippen molar-refractivity contribution >= 4 is 46.0 Å². The van der Waals surface area contributed by atoms with Crippen LogP contribution in [0.1, 0.15) is 38.6 Å². The fourth-order valence-electron chi connectivity index (χ4n) is 3.52. The number of thiazole rings is 1. The van der Waals surface area contributed by atoms with Crippen molar-refractivity contribution in [1.29, 1.82) is 0 Å². The first-order valence-corrected chi connectivity index (χ1v) is 11.4. The molecule has 1 amide bonds. The minimum absolute atomic E-state index is 0.123. The number of hydrogen-bond acceptors (Lipinski definition) is 5. The van der Waals surface area contributed by atoms with Crippen LogP contribution in [0.5, 0.6) is 0 Å². The van der Waals surface area contributed by atoms with Crippen LogP contribution in [-0.2, 0) is 0 Å². The van der Waals surface area contributed by atoms with Gasteiger partial charge in [0, 0.05) is 19.0 Å². The van der Waals surface area contributed by atoms with E-state index in [9.17, 15) is 18.4 Å². The number of piperidine rings is 1. The lowest BCUT2D eigenvalue weighted by atomic mass is 9.88. The van der Waals surface area contributed by atoms with Crippen LogP contribution < -0.4 is 0 Å². The lowest BCUT2D eigenvalue weighted by molar-refractivity contribution is 0.0652. The van der Waals surface area contributed by atoms with Crippen LogP contribution in [0.25, 0.3) is 9.88 Å². The van der Waals surface area contributed by atoms with Gasteiger partial charge in [0.25, 0.3) is 5.91 Å². The summed E-state index contributed by atoms with van der Waals surface area (Å²) < 4.78 is 28.0. The van der Waals surface area contributed by atoms with Crippen LogP contribution in [0.4, 0.5) is 8.78 Å². The third-order valence-electron chi connectivity index (χ3n) is 5.12. The van der Waals surface area contributed by atoms with Crippen molar-refractivity contribution in [2.24, 2.45) is 5.92 Å². The molecule has 2 aromatic heterocycles. The molecule has 0 bridgehead atoms. The highest BCUT2D eigenvalue weighted by atomic mass is 35.5. The van der Waals surface area contributed by atoms with Gasteiger partial charge >= 0.3 is 0 Å². The van der Waals surface area contributed by atoms with Crippen LogP contribution in [0.2, 0.25) is 4.34 Å². The Balaban J connectivity index is 1.44. The van der Waals surface area contributed by atoms with Gasteiger partial charge in [0.05, 0.1) is 20.5 Å². The van der Waals surface area contributed by atoms with E-state index in [2.05, 4.69) is 4.98 Å². The maximum atomic E-state index is 13.9. The van der Waals surface area contributed by atoms with Gasteiger partial charge < -0.3 is 4.90 Å². The summed E-state index contributed by atoms with van der Waals surface area (Å²) in [6.45, 7) is 2.55. The van der Waals surface area contributed by atoms with Gasteiger partial charge in [0.15, 0.2) is 5.78 Å². The zero-order valence-electron chi connectivity index (χ0n) is 16.0. The molecular weight excluding hydrogens is 450 g/mol. The van der Waals surface area contributed by atoms with E-state index in [-0.39, 0.29) is 11.5 Å². The third kappa shape index (κ3) is 4.17. The zero-order chi connectivity index (χ0) is 21.4. The second-order valence-electron chi connectivity index (χ2n) is 7.09. The molecule has 0 spiro atoms. The first-order chi connectivity index (χ1) is 14.3. The molecule has 1 saturated heterocycles. The summed E-state index contributed by atoms with van der Waals surface area (Å²) in [6.07, 6.45) is 0.817. The van der Waals surface area contributed by atoms with Crippen LogP contribution in [0.15, 0.2) is 30.3 Å². The Morgan fingerprint density at radius 1 is 1.13 bits per heavy atom. The second kappa shape index (κ2) is 8.53. The van der Waals surface area contributed by atoms with E-state index in [0.29, 0.717) is 40.8 Å². The predicted molar refractivity (Wildman–Crippen MR) is 114 cm³/mol. The quantitative estimate of drug-likeness (QED) is 0.453. The molecule has 30 heavy (non-hydrogen) atoms. The molecule has 156 valence electrons. The molecule has 0 N–H and O–H groups in total. The summed E-state index contributed by atoms with van der Waals surface area (Å²) in [5.74, 6) is -2.33. The van der Waals surface area contributed by atoms with Gasteiger partial charge in [-0.3, -0.25) is 9.59 Å². The predicted octanol–water partition coefficient (Wildman–Crippen LogP) is 5.85. The standard InChI is InChI=1S/C21H17ClF2N2O2S2/c1-11-19(30-20(25-11)16-4-5-17(22)29-16)21(28)26-8-6-12(7-9-26)18(27)14-10-13(23)2-3-15(14)24/h2-5,10,12H,6-9H2,1H3. The summed E-state index contributed by atoms with van der Waals surface area (Å²) in [4.78, 5) is 33.3. The van der Waals surface area contributed by atoms with Gasteiger partial charge in [-0.25, -0.2) is 13.8 Å². The SMILES string of the molecule is Cc1nc(-c2ccc(Cl)s2)sc1C(=O)N1CCC(C(=O)c2cc(F)ccc2F)CC1. The lowest BCUT2D eigenvalue weighted by Gasteiger charge is -2.31. The number of amides is 1. The number of ketones is 1. The zero-order valence-corrected chi connectivity index (χ0v) is 18.3. The number of aromatic nitrogens is 1. The molecular formula is C21H17ClF2N2O2S2. The minimum atomic E-state index is -0.721. The van der Waals surface area contributed by atoms with Gasteiger partial charge in [-0.1, -0.05) is 11.6 Å². The summed E-state index contributed by atoms with van der Waals surface area (Å²) >= 11 is 8.73. The average Bonchev–Trinajstić information content (AvgIpc) is 3.34. The molecule has 1 aliphatic heterocycles. The maximum absolute atomic E-state index is 13.9. The van der Waals surface area contributed by atoms with Crippen molar-refractivity contribution in [2.75, 3.05) is 13.1 Å². The van der Waals surface area contributed by atoms with Gasteiger partial charge in [-0.05, 0) is 50.1 Å². The summed E-state index contributed by atoms with van der Waals surface area (Å²) in [5.41, 5.74) is 0.432. The minimum Gasteiger partial charge on any atom is -0.338 e. The van der Waals surface area contributed by atoms with Crippen molar-refractivity contribution < 1.29 is 18.4 Å². The largest absolute Gasteiger partial charge is 0.338 e. The molecule has 4 rings (SSSR count). The van der Waals surface area contributed by atoms with Crippen LogP contribution in [0, 0.1) is 24.5 Å². The third-order valence-corrected chi connectivity index (χ3v) is 7.67. The highest BCUT2D eigenvalue weighted by molar-refractivity contribution is 7.24. The van der Waals surface area contributed by atoms with Crippen molar-refractivity contribution in [3.63, 3.8) is 0 Å². The van der Waals surface area contributed by atoms with Crippen molar-refractivity contribution in [3.05, 3.63) is 62.4 Å². The topological polar surface area (TPSA) is 50.3 Å². The molecule has 0 radical (unpaired) electrons. The number of carbonyl (C=O) groups excluding carboxylic acids is 2. The number of hydrogen-bond donors (Lipinski definition) is 0. The Bertz CT molecular complexity index is 1120. The molecule has 1 fully saturated rings. The smallest absolute Gasteiger partial charge is 0.265 e. The van der Waals surface area contributed by atoms with E-state index >= 15 is 0 Å². The van der Waals surface area contributed by atoms with Gasteiger partial charge in [-0.2, -0.15) is 0 Å².